The second-order valence-corrected chi connectivity index (χ2v) is 11.3. The van der Waals surface area contributed by atoms with E-state index in [2.05, 4.69) is 26.6 Å². The summed E-state index contributed by atoms with van der Waals surface area (Å²) in [6.07, 6.45) is 2.94. The highest BCUT2D eigenvalue weighted by atomic mass is 16.5. The molecule has 1 fully saturated rings. The van der Waals surface area contributed by atoms with Crippen LogP contribution in [0.5, 0.6) is 0 Å². The van der Waals surface area contributed by atoms with Gasteiger partial charge in [0.25, 0.3) is 0 Å². The van der Waals surface area contributed by atoms with Gasteiger partial charge in [0.15, 0.2) is 0 Å². The molecule has 8 N–H and O–H groups in total. The molecular weight excluding hydrogens is 584 g/mol. The fraction of sp³-hybridized carbons (Fsp3) is 0.581. The maximum atomic E-state index is 13.6. The lowest BCUT2D eigenvalue weighted by molar-refractivity contribution is -0.137. The minimum atomic E-state index is -1.08. The van der Waals surface area contributed by atoms with Crippen molar-refractivity contribution in [2.24, 2.45) is 17.6 Å². The molecule has 1 heterocycles. The van der Waals surface area contributed by atoms with Crippen molar-refractivity contribution in [3.8, 4) is 0 Å². The molecule has 0 spiro atoms. The van der Waals surface area contributed by atoms with Crippen molar-refractivity contribution in [2.45, 2.75) is 83.8 Å². The van der Waals surface area contributed by atoms with E-state index < -0.39 is 54.3 Å². The van der Waals surface area contributed by atoms with Crippen LogP contribution in [-0.2, 0) is 30.5 Å². The summed E-state index contributed by atoms with van der Waals surface area (Å²) in [5.74, 6) is -1.81. The van der Waals surface area contributed by atoms with Crippen LogP contribution in [0.25, 0.3) is 0 Å². The number of hydrogen-bond acceptors (Lipinski definition) is 9. The number of urea groups is 1. The van der Waals surface area contributed by atoms with Gasteiger partial charge in [-0.15, -0.1) is 0 Å². The zero-order valence-corrected chi connectivity index (χ0v) is 26.3. The fourth-order valence-corrected chi connectivity index (χ4v) is 4.84. The van der Waals surface area contributed by atoms with Gasteiger partial charge in [-0.05, 0) is 57.1 Å². The first-order valence-corrected chi connectivity index (χ1v) is 15.4. The van der Waals surface area contributed by atoms with E-state index in [9.17, 15) is 29.1 Å². The maximum Gasteiger partial charge on any atom is 0.408 e. The Morgan fingerprint density at radius 1 is 1.04 bits per heavy atom. The molecule has 1 aliphatic rings. The summed E-state index contributed by atoms with van der Waals surface area (Å²) in [5.41, 5.74) is 5.89. The summed E-state index contributed by atoms with van der Waals surface area (Å²) < 4.78 is 10.3. The van der Waals surface area contributed by atoms with Gasteiger partial charge in [0, 0.05) is 24.6 Å². The number of nitrogens with one attached hydrogen (secondary N) is 5. The molecule has 1 saturated heterocycles. The van der Waals surface area contributed by atoms with E-state index >= 15 is 0 Å². The van der Waals surface area contributed by atoms with E-state index in [1.54, 1.807) is 19.1 Å². The number of carbonyl (C=O) groups excluding carboxylic acids is 5. The molecule has 0 bridgehead atoms. The van der Waals surface area contributed by atoms with Crippen molar-refractivity contribution in [3.63, 3.8) is 0 Å². The Hall–Kier alpha value is -4.17. The Kier molecular flexibility index (Phi) is 16.4. The van der Waals surface area contributed by atoms with Gasteiger partial charge in [-0.2, -0.15) is 0 Å². The minimum Gasteiger partial charge on any atom is -0.463 e. The average Bonchev–Trinajstić information content (AvgIpc) is 3.40. The molecule has 0 radical (unpaired) electrons. The molecule has 250 valence electrons. The predicted molar refractivity (Wildman–Crippen MR) is 166 cm³/mol. The molecule has 1 aromatic rings. The Balaban J connectivity index is 2.15. The molecule has 0 saturated carbocycles. The SMILES string of the molecule is CCOC(=O)/C=C/[C@H](C[C@@H]1CCNC1O)NC(=O)[C@H](CC(C)C)NC(=O)C(CCCNC(N)=O)NC(=O)OCc1ccccc1. The van der Waals surface area contributed by atoms with Crippen molar-refractivity contribution in [3.05, 3.63) is 48.0 Å². The van der Waals surface area contributed by atoms with Crippen molar-refractivity contribution in [1.82, 2.24) is 26.6 Å². The van der Waals surface area contributed by atoms with Crippen LogP contribution in [-0.4, -0.2) is 79.1 Å². The highest BCUT2D eigenvalue weighted by Gasteiger charge is 2.31. The van der Waals surface area contributed by atoms with E-state index in [1.807, 2.05) is 32.0 Å². The van der Waals surface area contributed by atoms with Gasteiger partial charge in [0.2, 0.25) is 11.8 Å². The number of primary amides is 1. The van der Waals surface area contributed by atoms with Crippen LogP contribution in [0.2, 0.25) is 0 Å². The first-order valence-electron chi connectivity index (χ1n) is 15.4. The van der Waals surface area contributed by atoms with Crippen LogP contribution in [0.15, 0.2) is 42.5 Å². The molecule has 5 atom stereocenters. The van der Waals surface area contributed by atoms with Crippen molar-refractivity contribution in [2.75, 3.05) is 19.7 Å². The number of amides is 5. The number of benzene rings is 1. The zero-order chi connectivity index (χ0) is 33.2. The number of carbonyl (C=O) groups is 5. The lowest BCUT2D eigenvalue weighted by Gasteiger charge is -2.27. The van der Waals surface area contributed by atoms with Gasteiger partial charge in [0.1, 0.15) is 24.9 Å². The summed E-state index contributed by atoms with van der Waals surface area (Å²) in [7, 11) is 0. The highest BCUT2D eigenvalue weighted by molar-refractivity contribution is 5.91. The van der Waals surface area contributed by atoms with Gasteiger partial charge < -0.3 is 41.6 Å². The van der Waals surface area contributed by atoms with E-state index in [0.29, 0.717) is 25.8 Å². The summed E-state index contributed by atoms with van der Waals surface area (Å²) in [4.78, 5) is 62.7. The molecule has 5 amide bonds. The van der Waals surface area contributed by atoms with E-state index in [4.69, 9.17) is 15.2 Å². The van der Waals surface area contributed by atoms with E-state index in [1.165, 1.54) is 12.2 Å². The highest BCUT2D eigenvalue weighted by Crippen LogP contribution is 2.20. The second-order valence-electron chi connectivity index (χ2n) is 11.3. The molecule has 1 aromatic carbocycles. The number of hydrogen-bond donors (Lipinski definition) is 7. The quantitative estimate of drug-likeness (QED) is 0.0703. The van der Waals surface area contributed by atoms with Gasteiger partial charge in [-0.25, -0.2) is 14.4 Å². The molecular formula is C31H48N6O8. The van der Waals surface area contributed by atoms with Crippen LogP contribution in [0.3, 0.4) is 0 Å². The van der Waals surface area contributed by atoms with Crippen LogP contribution in [0.4, 0.5) is 9.59 Å². The van der Waals surface area contributed by atoms with Crippen LogP contribution in [0.1, 0.15) is 58.4 Å². The first-order chi connectivity index (χ1) is 21.5. The number of rotatable bonds is 18. The molecule has 0 aliphatic carbocycles. The average molecular weight is 633 g/mol. The maximum absolute atomic E-state index is 13.6. The third kappa shape index (κ3) is 14.9. The minimum absolute atomic E-state index is 0.00542. The van der Waals surface area contributed by atoms with E-state index in [-0.39, 0.29) is 44.4 Å². The number of ether oxygens (including phenoxy) is 2. The standard InChI is InChI=1S/C31H48N6O8/c1-4-44-26(38)13-12-23(18-22-14-16-33-27(22)39)35-29(41)25(17-20(2)3)36-28(40)24(11-8-15-34-30(32)42)37-31(43)45-19-21-9-6-5-7-10-21/h5-7,9-10,12-13,20,22-25,27,33,39H,4,8,11,14-19H2,1-3H3,(H,35,41)(H,36,40)(H,37,43)(H3,32,34,42)/b13-12+/t22-,23+,24?,25-,27?/m0/s1. The largest absolute Gasteiger partial charge is 0.463 e. The second kappa shape index (κ2) is 20.0. The monoisotopic (exact) mass is 632 g/mol. The molecule has 1 aliphatic heterocycles. The fourth-order valence-electron chi connectivity index (χ4n) is 4.84. The van der Waals surface area contributed by atoms with Gasteiger partial charge in [-0.1, -0.05) is 50.3 Å². The Bertz CT molecular complexity index is 1130. The van der Waals surface area contributed by atoms with E-state index in [0.717, 1.165) is 5.56 Å². The summed E-state index contributed by atoms with van der Waals surface area (Å²) in [5, 5.41) is 23.9. The zero-order valence-electron chi connectivity index (χ0n) is 26.3. The number of aliphatic hydroxyl groups excluding tert-OH is 1. The summed E-state index contributed by atoms with van der Waals surface area (Å²) >= 11 is 0. The van der Waals surface area contributed by atoms with Gasteiger partial charge in [0.05, 0.1) is 6.61 Å². The Morgan fingerprint density at radius 2 is 1.76 bits per heavy atom. The van der Waals surface area contributed by atoms with Gasteiger partial charge in [-0.3, -0.25) is 14.9 Å². The molecule has 14 heteroatoms. The normalized spacial score (nSPS) is 18.1. The molecule has 0 aromatic heterocycles. The predicted octanol–water partition coefficient (Wildman–Crippen LogP) is 1.18. The lowest BCUT2D eigenvalue weighted by atomic mass is 9.96. The summed E-state index contributed by atoms with van der Waals surface area (Å²) in [6, 6.07) is 5.64. The number of aliphatic hydroxyl groups is 1. The van der Waals surface area contributed by atoms with Crippen molar-refractivity contribution in [1.29, 1.82) is 0 Å². The van der Waals surface area contributed by atoms with Crippen molar-refractivity contribution >= 4 is 29.9 Å². The summed E-state index contributed by atoms with van der Waals surface area (Å²) in [6.45, 7) is 6.47. The third-order valence-electron chi connectivity index (χ3n) is 7.08. The Labute approximate surface area is 264 Å². The Morgan fingerprint density at radius 3 is 2.38 bits per heavy atom. The first kappa shape index (κ1) is 37.0. The molecule has 45 heavy (non-hydrogen) atoms. The van der Waals surface area contributed by atoms with Crippen LogP contribution >= 0.6 is 0 Å². The topological polar surface area (TPSA) is 210 Å². The molecule has 2 rings (SSSR count). The number of esters is 1. The van der Waals surface area contributed by atoms with Crippen LogP contribution in [0, 0.1) is 11.8 Å². The number of nitrogens with two attached hydrogens (primary N) is 1. The third-order valence-corrected chi connectivity index (χ3v) is 7.08. The smallest absolute Gasteiger partial charge is 0.408 e. The van der Waals surface area contributed by atoms with Crippen molar-refractivity contribution < 1.29 is 38.6 Å². The molecule has 2 unspecified atom stereocenters. The number of alkyl carbamates (subject to hydrolysis) is 1. The lowest BCUT2D eigenvalue weighted by Crippen LogP contribution is -2.55. The molecule has 14 nitrogen and oxygen atoms in total. The van der Waals surface area contributed by atoms with Crippen LogP contribution < -0.4 is 32.3 Å². The van der Waals surface area contributed by atoms with Gasteiger partial charge >= 0.3 is 18.1 Å².